The number of halogens is 1. The highest BCUT2D eigenvalue weighted by Gasteiger charge is 2.32. The fraction of sp³-hybridized carbons (Fsp3) is 0.286. The van der Waals surface area contributed by atoms with Crippen molar-refractivity contribution >= 4 is 33.4 Å². The molecule has 0 heterocycles. The number of hydrogen-bond donors (Lipinski definition) is 1. The molecule has 37 heavy (non-hydrogen) atoms. The molecule has 196 valence electrons. The highest BCUT2D eigenvalue weighted by Crippen LogP contribution is 2.20. The summed E-state index contributed by atoms with van der Waals surface area (Å²) >= 11 is 6.18. The Morgan fingerprint density at radius 3 is 2.22 bits per heavy atom. The predicted molar refractivity (Wildman–Crippen MR) is 146 cm³/mol. The van der Waals surface area contributed by atoms with Crippen molar-refractivity contribution in [2.45, 2.75) is 37.8 Å². The van der Waals surface area contributed by atoms with Gasteiger partial charge in [-0.1, -0.05) is 71.8 Å². The fourth-order valence-electron chi connectivity index (χ4n) is 3.93. The van der Waals surface area contributed by atoms with E-state index in [9.17, 15) is 18.0 Å². The summed E-state index contributed by atoms with van der Waals surface area (Å²) in [5, 5.41) is 3.32. The number of likely N-dealkylation sites (N-methyl/N-ethyl adjacent to an activating group) is 2. The Morgan fingerprint density at radius 1 is 0.946 bits per heavy atom. The Morgan fingerprint density at radius 2 is 1.59 bits per heavy atom. The molecule has 3 aromatic carbocycles. The molecule has 0 aliphatic carbocycles. The molecule has 0 radical (unpaired) electrons. The van der Waals surface area contributed by atoms with Gasteiger partial charge in [0.25, 0.3) is 0 Å². The van der Waals surface area contributed by atoms with Crippen molar-refractivity contribution in [1.82, 2.24) is 14.5 Å². The standard InChI is InChI=1S/C28H32ClN3O4S/c1-4-30-28(34)26(18-22-9-6-5-7-10-22)32(19-23-11-8-12-24(29)17-23)27(33)20-31(3)37(35,36)25-15-13-21(2)14-16-25/h5-17,26H,4,18-20H2,1-3H3,(H,30,34)/t26-/m0/s1. The van der Waals surface area contributed by atoms with Gasteiger partial charge in [-0.05, 0) is 49.2 Å². The summed E-state index contributed by atoms with van der Waals surface area (Å²) in [7, 11) is -2.55. The molecule has 3 rings (SSSR count). The molecule has 0 saturated heterocycles. The minimum atomic E-state index is -3.91. The van der Waals surface area contributed by atoms with Crippen molar-refractivity contribution in [1.29, 1.82) is 0 Å². The minimum absolute atomic E-state index is 0.0897. The molecule has 0 spiro atoms. The Bertz CT molecular complexity index is 1310. The third kappa shape index (κ3) is 7.64. The van der Waals surface area contributed by atoms with Gasteiger partial charge in [0.15, 0.2) is 0 Å². The lowest BCUT2D eigenvalue weighted by Crippen LogP contribution is -2.53. The van der Waals surface area contributed by atoms with Crippen LogP contribution in [0.25, 0.3) is 0 Å². The van der Waals surface area contributed by atoms with Crippen molar-refractivity contribution in [3.63, 3.8) is 0 Å². The SMILES string of the molecule is CCNC(=O)[C@H](Cc1ccccc1)N(Cc1cccc(Cl)c1)C(=O)CN(C)S(=O)(=O)c1ccc(C)cc1. The van der Waals surface area contributed by atoms with E-state index in [1.807, 2.05) is 50.2 Å². The summed E-state index contributed by atoms with van der Waals surface area (Å²) in [4.78, 5) is 28.5. The molecule has 3 aromatic rings. The van der Waals surface area contributed by atoms with Gasteiger partial charge in [-0.2, -0.15) is 4.31 Å². The van der Waals surface area contributed by atoms with E-state index in [0.29, 0.717) is 11.6 Å². The van der Waals surface area contributed by atoms with E-state index in [-0.39, 0.29) is 23.8 Å². The first-order valence-electron chi connectivity index (χ1n) is 12.0. The van der Waals surface area contributed by atoms with E-state index in [1.165, 1.54) is 24.1 Å². The Labute approximate surface area is 224 Å². The van der Waals surface area contributed by atoms with Crippen molar-refractivity contribution in [3.8, 4) is 0 Å². The molecule has 0 aliphatic rings. The van der Waals surface area contributed by atoms with E-state index in [1.54, 1.807) is 30.3 Å². The lowest BCUT2D eigenvalue weighted by molar-refractivity contribution is -0.141. The third-order valence-electron chi connectivity index (χ3n) is 5.95. The summed E-state index contributed by atoms with van der Waals surface area (Å²) < 4.78 is 27.3. The van der Waals surface area contributed by atoms with E-state index >= 15 is 0 Å². The number of amides is 2. The topological polar surface area (TPSA) is 86.8 Å². The van der Waals surface area contributed by atoms with Gasteiger partial charge in [-0.3, -0.25) is 9.59 Å². The second-order valence-corrected chi connectivity index (χ2v) is 11.3. The van der Waals surface area contributed by atoms with Crippen LogP contribution in [0.1, 0.15) is 23.6 Å². The second-order valence-electron chi connectivity index (χ2n) is 8.83. The predicted octanol–water partition coefficient (Wildman–Crippen LogP) is 4.05. The molecule has 7 nitrogen and oxygen atoms in total. The molecule has 2 amide bonds. The number of nitrogens with zero attached hydrogens (tertiary/aromatic N) is 2. The van der Waals surface area contributed by atoms with Crippen LogP contribution in [0.3, 0.4) is 0 Å². The van der Waals surface area contributed by atoms with Crippen LogP contribution < -0.4 is 5.32 Å². The summed E-state index contributed by atoms with van der Waals surface area (Å²) in [5.74, 6) is -0.809. The van der Waals surface area contributed by atoms with Gasteiger partial charge in [0, 0.05) is 31.6 Å². The van der Waals surface area contributed by atoms with Crippen LogP contribution in [0.15, 0.2) is 83.8 Å². The first-order chi connectivity index (χ1) is 17.6. The smallest absolute Gasteiger partial charge is 0.243 e. The summed E-state index contributed by atoms with van der Waals surface area (Å²) in [6, 6.07) is 22.0. The monoisotopic (exact) mass is 541 g/mol. The Kier molecular flexibility index (Phi) is 9.86. The quantitative estimate of drug-likeness (QED) is 0.397. The van der Waals surface area contributed by atoms with E-state index in [0.717, 1.165) is 21.0 Å². The van der Waals surface area contributed by atoms with Crippen molar-refractivity contribution in [2.24, 2.45) is 0 Å². The van der Waals surface area contributed by atoms with Gasteiger partial charge in [-0.25, -0.2) is 8.42 Å². The first kappa shape index (κ1) is 28.4. The number of sulfonamides is 1. The van der Waals surface area contributed by atoms with E-state index in [2.05, 4.69) is 5.32 Å². The van der Waals surface area contributed by atoms with Gasteiger partial charge in [0.2, 0.25) is 21.8 Å². The fourth-order valence-corrected chi connectivity index (χ4v) is 5.27. The highest BCUT2D eigenvalue weighted by molar-refractivity contribution is 7.89. The van der Waals surface area contributed by atoms with Gasteiger partial charge in [0.1, 0.15) is 6.04 Å². The van der Waals surface area contributed by atoms with Crippen LogP contribution in [0.4, 0.5) is 0 Å². The summed E-state index contributed by atoms with van der Waals surface area (Å²) in [6.45, 7) is 3.73. The van der Waals surface area contributed by atoms with Crippen LogP contribution in [-0.2, 0) is 32.6 Å². The van der Waals surface area contributed by atoms with Gasteiger partial charge >= 0.3 is 0 Å². The van der Waals surface area contributed by atoms with Gasteiger partial charge in [-0.15, -0.1) is 0 Å². The number of nitrogens with one attached hydrogen (secondary N) is 1. The normalized spacial score (nSPS) is 12.2. The number of carbonyl (C=O) groups excluding carboxylic acids is 2. The highest BCUT2D eigenvalue weighted by atomic mass is 35.5. The number of carbonyl (C=O) groups is 2. The van der Waals surface area contributed by atoms with Gasteiger partial charge in [0.05, 0.1) is 11.4 Å². The molecule has 1 N–H and O–H groups in total. The number of hydrogen-bond acceptors (Lipinski definition) is 4. The molecule has 0 unspecified atom stereocenters. The molecular weight excluding hydrogens is 510 g/mol. The molecule has 0 aliphatic heterocycles. The molecule has 0 aromatic heterocycles. The zero-order valence-corrected chi connectivity index (χ0v) is 22.8. The van der Waals surface area contributed by atoms with Crippen molar-refractivity contribution < 1.29 is 18.0 Å². The molecule has 9 heteroatoms. The van der Waals surface area contributed by atoms with E-state index in [4.69, 9.17) is 11.6 Å². The largest absolute Gasteiger partial charge is 0.355 e. The van der Waals surface area contributed by atoms with Crippen molar-refractivity contribution in [2.75, 3.05) is 20.1 Å². The zero-order chi connectivity index (χ0) is 27.0. The lowest BCUT2D eigenvalue weighted by atomic mass is 10.0. The molecule has 1 atom stereocenters. The molecular formula is C28H32ClN3O4S. The third-order valence-corrected chi connectivity index (χ3v) is 8.00. The molecule has 0 fully saturated rings. The zero-order valence-electron chi connectivity index (χ0n) is 21.2. The molecule has 0 bridgehead atoms. The van der Waals surface area contributed by atoms with Crippen LogP contribution in [0.5, 0.6) is 0 Å². The second kappa shape index (κ2) is 12.9. The lowest BCUT2D eigenvalue weighted by Gasteiger charge is -2.32. The van der Waals surface area contributed by atoms with Gasteiger partial charge < -0.3 is 10.2 Å². The van der Waals surface area contributed by atoms with Crippen LogP contribution in [0.2, 0.25) is 5.02 Å². The average molecular weight is 542 g/mol. The number of benzene rings is 3. The van der Waals surface area contributed by atoms with Crippen LogP contribution in [0, 0.1) is 6.92 Å². The van der Waals surface area contributed by atoms with Crippen LogP contribution >= 0.6 is 11.6 Å². The summed E-state index contributed by atoms with van der Waals surface area (Å²) in [5.41, 5.74) is 2.53. The van der Waals surface area contributed by atoms with E-state index < -0.39 is 28.5 Å². The summed E-state index contributed by atoms with van der Waals surface area (Å²) in [6.07, 6.45) is 0.271. The Hall–Kier alpha value is -3.20. The number of rotatable bonds is 11. The maximum atomic E-state index is 13.7. The maximum absolute atomic E-state index is 13.7. The average Bonchev–Trinajstić information content (AvgIpc) is 2.87. The first-order valence-corrected chi connectivity index (χ1v) is 13.8. The molecule has 0 saturated carbocycles. The van der Waals surface area contributed by atoms with Crippen molar-refractivity contribution in [3.05, 3.63) is 101 Å². The maximum Gasteiger partial charge on any atom is 0.243 e. The Balaban J connectivity index is 1.95. The van der Waals surface area contributed by atoms with Crippen LogP contribution in [-0.4, -0.2) is 55.6 Å². The minimum Gasteiger partial charge on any atom is -0.355 e. The number of aryl methyl sites for hydroxylation is 1.